The molecule has 0 aliphatic carbocycles. The van der Waals surface area contributed by atoms with Crippen molar-refractivity contribution in [2.45, 2.75) is 13.1 Å². The molecule has 3 aromatic carbocycles. The van der Waals surface area contributed by atoms with Crippen LogP contribution in [0, 0.1) is 11.3 Å². The molecule has 0 atom stereocenters. The van der Waals surface area contributed by atoms with Gasteiger partial charge in [0.2, 0.25) is 0 Å². The van der Waals surface area contributed by atoms with Gasteiger partial charge in [0.05, 0.1) is 34.0 Å². The van der Waals surface area contributed by atoms with Crippen LogP contribution >= 0.6 is 0 Å². The highest BCUT2D eigenvalue weighted by Crippen LogP contribution is 2.31. The van der Waals surface area contributed by atoms with Gasteiger partial charge in [0.25, 0.3) is 0 Å². The first kappa shape index (κ1) is 25.7. The molecule has 0 bridgehead atoms. The smallest absolute Gasteiger partial charge is 0.385 e. The van der Waals surface area contributed by atoms with Crippen LogP contribution in [0.15, 0.2) is 60.7 Å². The SMILES string of the molecule is COc1ccc(CN(Cc2ccc(OC)cc2OC)S(=O)(=O)Oc2ccccc2C#N)c(OC)c1. The van der Waals surface area contributed by atoms with E-state index in [1.165, 1.54) is 40.6 Å². The lowest BCUT2D eigenvalue weighted by molar-refractivity contribution is 0.329. The van der Waals surface area contributed by atoms with Crippen LogP contribution in [0.25, 0.3) is 0 Å². The Labute approximate surface area is 205 Å². The molecule has 184 valence electrons. The Morgan fingerprint density at radius 1 is 0.743 bits per heavy atom. The van der Waals surface area contributed by atoms with Gasteiger partial charge in [-0.2, -0.15) is 18.0 Å². The summed E-state index contributed by atoms with van der Waals surface area (Å²) in [4.78, 5) is 0. The van der Waals surface area contributed by atoms with Crippen LogP contribution in [0.1, 0.15) is 16.7 Å². The molecular weight excluding hydrogens is 472 g/mol. The van der Waals surface area contributed by atoms with E-state index in [4.69, 9.17) is 23.1 Å². The standard InChI is InChI=1S/C25H26N2O7S/c1-30-21-11-9-19(24(13-21)32-3)16-27(17-20-10-12-22(31-2)14-25(20)33-4)35(28,29)34-23-8-6-5-7-18(23)15-26/h5-14H,16-17H2,1-4H3. The van der Waals surface area contributed by atoms with Crippen LogP contribution in [0.3, 0.4) is 0 Å². The molecule has 3 aromatic rings. The normalized spacial score (nSPS) is 11.0. The molecule has 0 heterocycles. The van der Waals surface area contributed by atoms with E-state index in [0.29, 0.717) is 34.1 Å². The Kier molecular flexibility index (Phi) is 8.41. The van der Waals surface area contributed by atoms with Crippen LogP contribution < -0.4 is 23.1 Å². The number of nitriles is 1. The Morgan fingerprint density at radius 3 is 1.71 bits per heavy atom. The second-order valence-electron chi connectivity index (χ2n) is 7.27. The number of nitrogens with zero attached hydrogens (tertiary/aromatic N) is 2. The van der Waals surface area contributed by atoms with E-state index in [1.807, 2.05) is 6.07 Å². The molecule has 3 rings (SSSR count). The van der Waals surface area contributed by atoms with Gasteiger partial charge in [-0.25, -0.2) is 0 Å². The fourth-order valence-electron chi connectivity index (χ4n) is 3.36. The summed E-state index contributed by atoms with van der Waals surface area (Å²) in [6.45, 7) is -0.168. The number of methoxy groups -OCH3 is 4. The van der Waals surface area contributed by atoms with Gasteiger partial charge in [-0.05, 0) is 24.3 Å². The van der Waals surface area contributed by atoms with Gasteiger partial charge < -0.3 is 23.1 Å². The Balaban J connectivity index is 2.04. The second kappa shape index (κ2) is 11.5. The molecule has 0 radical (unpaired) electrons. The van der Waals surface area contributed by atoms with Crippen LogP contribution in [0.2, 0.25) is 0 Å². The quantitative estimate of drug-likeness (QED) is 0.392. The minimum absolute atomic E-state index is 0.0663. The zero-order valence-corrected chi connectivity index (χ0v) is 20.7. The predicted molar refractivity (Wildman–Crippen MR) is 129 cm³/mol. The maximum absolute atomic E-state index is 13.5. The molecule has 0 saturated carbocycles. The summed E-state index contributed by atoms with van der Waals surface area (Å²) in [5.41, 5.74) is 1.27. The zero-order chi connectivity index (χ0) is 25.4. The lowest BCUT2D eigenvalue weighted by Crippen LogP contribution is -2.34. The third-order valence-electron chi connectivity index (χ3n) is 5.20. The molecule has 0 saturated heterocycles. The molecular formula is C25H26N2O7S. The maximum Gasteiger partial charge on any atom is 0.385 e. The van der Waals surface area contributed by atoms with Gasteiger partial charge in [0.15, 0.2) is 5.75 Å². The monoisotopic (exact) mass is 498 g/mol. The number of hydrogen-bond donors (Lipinski definition) is 0. The largest absolute Gasteiger partial charge is 0.497 e. The second-order valence-corrected chi connectivity index (χ2v) is 8.81. The van der Waals surface area contributed by atoms with Crippen molar-refractivity contribution in [3.63, 3.8) is 0 Å². The maximum atomic E-state index is 13.5. The predicted octanol–water partition coefficient (Wildman–Crippen LogP) is 3.92. The summed E-state index contributed by atoms with van der Waals surface area (Å²) in [5, 5.41) is 9.36. The fourth-order valence-corrected chi connectivity index (χ4v) is 4.43. The number of hydrogen-bond acceptors (Lipinski definition) is 8. The van der Waals surface area contributed by atoms with E-state index < -0.39 is 10.3 Å². The van der Waals surface area contributed by atoms with Crippen molar-refractivity contribution >= 4 is 10.3 Å². The summed E-state index contributed by atoms with van der Waals surface area (Å²) >= 11 is 0. The van der Waals surface area contributed by atoms with E-state index in [2.05, 4.69) is 0 Å². The number of para-hydroxylation sites is 1. The zero-order valence-electron chi connectivity index (χ0n) is 19.8. The van der Waals surface area contributed by atoms with Gasteiger partial charge in [-0.3, -0.25) is 0 Å². The van der Waals surface area contributed by atoms with E-state index in [0.717, 1.165) is 4.31 Å². The van der Waals surface area contributed by atoms with Gasteiger partial charge in [0.1, 0.15) is 29.1 Å². The number of rotatable bonds is 11. The first-order chi connectivity index (χ1) is 16.8. The van der Waals surface area contributed by atoms with E-state index >= 15 is 0 Å². The highest BCUT2D eigenvalue weighted by atomic mass is 32.2. The van der Waals surface area contributed by atoms with E-state index in [9.17, 15) is 13.7 Å². The molecule has 0 aromatic heterocycles. The molecule has 0 N–H and O–H groups in total. The fraction of sp³-hybridized carbons (Fsp3) is 0.240. The molecule has 0 spiro atoms. The van der Waals surface area contributed by atoms with Crippen molar-refractivity contribution in [3.8, 4) is 34.8 Å². The molecule has 0 unspecified atom stereocenters. The Morgan fingerprint density at radius 2 is 1.26 bits per heavy atom. The van der Waals surface area contributed by atoms with Crippen LogP contribution in [-0.2, 0) is 23.4 Å². The molecule has 9 nitrogen and oxygen atoms in total. The van der Waals surface area contributed by atoms with Crippen LogP contribution in [0.5, 0.6) is 28.7 Å². The van der Waals surface area contributed by atoms with Crippen molar-refractivity contribution in [1.82, 2.24) is 4.31 Å². The van der Waals surface area contributed by atoms with Gasteiger partial charge in [-0.15, -0.1) is 0 Å². The third kappa shape index (κ3) is 6.15. The first-order valence-electron chi connectivity index (χ1n) is 10.5. The lowest BCUT2D eigenvalue weighted by atomic mass is 10.1. The van der Waals surface area contributed by atoms with Crippen molar-refractivity contribution < 1.29 is 31.5 Å². The topological polar surface area (TPSA) is 107 Å². The summed E-state index contributed by atoms with van der Waals surface area (Å²) in [5.74, 6) is 1.96. The van der Waals surface area contributed by atoms with Gasteiger partial charge in [0, 0.05) is 36.3 Å². The minimum Gasteiger partial charge on any atom is -0.497 e. The average Bonchev–Trinajstić information content (AvgIpc) is 2.88. The van der Waals surface area contributed by atoms with Crippen molar-refractivity contribution in [2.75, 3.05) is 28.4 Å². The minimum atomic E-state index is -4.38. The van der Waals surface area contributed by atoms with Crippen molar-refractivity contribution in [2.24, 2.45) is 0 Å². The molecule has 0 fully saturated rings. The van der Waals surface area contributed by atoms with Gasteiger partial charge in [-0.1, -0.05) is 24.3 Å². The van der Waals surface area contributed by atoms with Crippen molar-refractivity contribution in [3.05, 3.63) is 77.4 Å². The van der Waals surface area contributed by atoms with Crippen LogP contribution in [0.4, 0.5) is 0 Å². The first-order valence-corrected chi connectivity index (χ1v) is 11.8. The van der Waals surface area contributed by atoms with E-state index in [1.54, 1.807) is 48.5 Å². The lowest BCUT2D eigenvalue weighted by Gasteiger charge is -2.24. The highest BCUT2D eigenvalue weighted by molar-refractivity contribution is 7.84. The number of benzene rings is 3. The summed E-state index contributed by atoms with van der Waals surface area (Å²) in [7, 11) is 1.66. The Hall–Kier alpha value is -3.94. The number of ether oxygens (including phenoxy) is 4. The highest BCUT2D eigenvalue weighted by Gasteiger charge is 2.28. The average molecular weight is 499 g/mol. The van der Waals surface area contributed by atoms with E-state index in [-0.39, 0.29) is 24.4 Å². The molecule has 0 aliphatic rings. The summed E-state index contributed by atoms with van der Waals surface area (Å²) in [6, 6.07) is 18.3. The van der Waals surface area contributed by atoms with Gasteiger partial charge >= 0.3 is 10.3 Å². The summed E-state index contributed by atoms with van der Waals surface area (Å²) in [6.07, 6.45) is 0. The molecule has 10 heteroatoms. The summed E-state index contributed by atoms with van der Waals surface area (Å²) < 4.78 is 54.9. The van der Waals surface area contributed by atoms with Crippen molar-refractivity contribution in [1.29, 1.82) is 5.26 Å². The van der Waals surface area contributed by atoms with Crippen LogP contribution in [-0.4, -0.2) is 41.2 Å². The molecule has 0 amide bonds. The Bertz CT molecular complexity index is 1260. The molecule has 0 aliphatic heterocycles. The third-order valence-corrected chi connectivity index (χ3v) is 6.48. The molecule has 35 heavy (non-hydrogen) atoms.